The molecular formula is C29H36N4O2. The molecule has 0 aliphatic carbocycles. The van der Waals surface area contributed by atoms with Crippen molar-refractivity contribution in [1.29, 1.82) is 5.26 Å². The molecule has 0 radical (unpaired) electrons. The largest absolute Gasteiger partial charge is 0.381 e. The van der Waals surface area contributed by atoms with E-state index in [1.54, 1.807) is 7.05 Å². The normalized spacial score (nSPS) is 18.4. The zero-order chi connectivity index (χ0) is 24.7. The minimum absolute atomic E-state index is 0.218. The van der Waals surface area contributed by atoms with Gasteiger partial charge in [-0.25, -0.2) is 0 Å². The number of aryl methyl sites for hydroxylation is 1. The predicted molar refractivity (Wildman–Crippen MR) is 140 cm³/mol. The fourth-order valence-electron chi connectivity index (χ4n) is 6.15. The monoisotopic (exact) mass is 472 g/mol. The van der Waals surface area contributed by atoms with Crippen molar-refractivity contribution in [2.75, 3.05) is 26.3 Å². The molecule has 2 aromatic heterocycles. The fourth-order valence-corrected chi connectivity index (χ4v) is 6.15. The minimum Gasteiger partial charge on any atom is -0.381 e. The number of aromatic nitrogens is 2. The van der Waals surface area contributed by atoms with Crippen LogP contribution in [0.5, 0.6) is 0 Å². The van der Waals surface area contributed by atoms with Crippen LogP contribution in [0.1, 0.15) is 73.6 Å². The Bertz CT molecular complexity index is 1330. The van der Waals surface area contributed by atoms with E-state index in [0.717, 1.165) is 48.6 Å². The summed E-state index contributed by atoms with van der Waals surface area (Å²) in [5.74, 6) is 0.880. The number of nitrogens with one attached hydrogen (secondary N) is 1. The van der Waals surface area contributed by atoms with E-state index in [1.807, 2.05) is 13.1 Å². The number of nitrogens with zero attached hydrogens (tertiary/aromatic N) is 3. The van der Waals surface area contributed by atoms with Crippen molar-refractivity contribution in [3.05, 3.63) is 57.0 Å². The summed E-state index contributed by atoms with van der Waals surface area (Å²) in [6.45, 7) is 10.4. The van der Waals surface area contributed by atoms with E-state index in [9.17, 15) is 10.1 Å². The van der Waals surface area contributed by atoms with Gasteiger partial charge >= 0.3 is 0 Å². The first kappa shape index (κ1) is 23.8. The Morgan fingerprint density at radius 3 is 2.51 bits per heavy atom. The van der Waals surface area contributed by atoms with Gasteiger partial charge < -0.3 is 19.2 Å². The maximum Gasteiger partial charge on any atom is 0.268 e. The van der Waals surface area contributed by atoms with E-state index in [-0.39, 0.29) is 11.1 Å². The van der Waals surface area contributed by atoms with E-state index in [2.05, 4.69) is 48.0 Å². The van der Waals surface area contributed by atoms with Crippen LogP contribution in [0.3, 0.4) is 0 Å². The molecule has 0 atom stereocenters. The number of H-pyrrole nitrogens is 1. The molecule has 0 spiro atoms. The van der Waals surface area contributed by atoms with Gasteiger partial charge in [-0.05, 0) is 86.4 Å². The van der Waals surface area contributed by atoms with Crippen LogP contribution in [-0.2, 0) is 11.8 Å². The molecule has 0 bridgehead atoms. The summed E-state index contributed by atoms with van der Waals surface area (Å²) < 4.78 is 7.08. The molecule has 184 valence electrons. The van der Waals surface area contributed by atoms with Gasteiger partial charge in [0, 0.05) is 49.0 Å². The summed E-state index contributed by atoms with van der Waals surface area (Å²) in [4.78, 5) is 18.8. The van der Waals surface area contributed by atoms with Crippen LogP contribution in [0.15, 0.2) is 29.2 Å². The number of aromatic amines is 1. The smallest absolute Gasteiger partial charge is 0.268 e. The molecule has 3 aromatic rings. The lowest BCUT2D eigenvalue weighted by molar-refractivity contribution is 0.0252. The SMILES string of the molecule is Cc1c(-c2[nH]c3ccc(C4CCN(C5CCOCC5)CC4)cc3c2C(C)C)cn(C)c(=O)c1C#N. The molecule has 0 unspecified atom stereocenters. The zero-order valence-electron chi connectivity index (χ0n) is 21.4. The first-order chi connectivity index (χ1) is 16.9. The molecule has 1 aromatic carbocycles. The topological polar surface area (TPSA) is 74.0 Å². The number of piperidine rings is 1. The van der Waals surface area contributed by atoms with Crippen molar-refractivity contribution in [2.24, 2.45) is 7.05 Å². The van der Waals surface area contributed by atoms with Gasteiger partial charge in [0.05, 0.1) is 5.69 Å². The fraction of sp³-hybridized carbons (Fsp3) is 0.517. The third-order valence-corrected chi connectivity index (χ3v) is 8.17. The molecule has 6 heteroatoms. The molecule has 4 heterocycles. The average Bonchev–Trinajstić information content (AvgIpc) is 3.26. The quantitative estimate of drug-likeness (QED) is 0.567. The first-order valence-corrected chi connectivity index (χ1v) is 13.0. The number of hydrogen-bond donors (Lipinski definition) is 1. The number of benzene rings is 1. The molecule has 0 amide bonds. The van der Waals surface area contributed by atoms with Crippen LogP contribution in [0, 0.1) is 18.3 Å². The van der Waals surface area contributed by atoms with Crippen LogP contribution in [-0.4, -0.2) is 46.8 Å². The number of hydrogen-bond acceptors (Lipinski definition) is 4. The molecular weight excluding hydrogens is 436 g/mol. The average molecular weight is 473 g/mol. The Morgan fingerprint density at radius 2 is 1.86 bits per heavy atom. The van der Waals surface area contributed by atoms with Gasteiger partial charge in [-0.15, -0.1) is 0 Å². The van der Waals surface area contributed by atoms with Crippen LogP contribution >= 0.6 is 0 Å². The number of rotatable bonds is 4. The highest BCUT2D eigenvalue weighted by atomic mass is 16.5. The second kappa shape index (κ2) is 9.64. The summed E-state index contributed by atoms with van der Waals surface area (Å²) in [5.41, 5.74) is 6.45. The Balaban J connectivity index is 1.49. The van der Waals surface area contributed by atoms with Gasteiger partial charge in [0.1, 0.15) is 11.6 Å². The van der Waals surface area contributed by atoms with Crippen LogP contribution < -0.4 is 5.56 Å². The minimum atomic E-state index is -0.245. The third-order valence-electron chi connectivity index (χ3n) is 8.17. The maximum atomic E-state index is 12.5. The highest BCUT2D eigenvalue weighted by Crippen LogP contribution is 2.39. The van der Waals surface area contributed by atoms with Crippen molar-refractivity contribution in [1.82, 2.24) is 14.5 Å². The Hall–Kier alpha value is -2.88. The Labute approximate surface area is 207 Å². The second-order valence-corrected chi connectivity index (χ2v) is 10.6. The van der Waals surface area contributed by atoms with Gasteiger partial charge in [0.2, 0.25) is 0 Å². The van der Waals surface area contributed by atoms with Crippen LogP contribution in [0.4, 0.5) is 0 Å². The third kappa shape index (κ3) is 4.32. The van der Waals surface area contributed by atoms with Crippen molar-refractivity contribution in [3.8, 4) is 17.3 Å². The lowest BCUT2D eigenvalue weighted by Crippen LogP contribution is -2.43. The Morgan fingerprint density at radius 1 is 1.14 bits per heavy atom. The Kier molecular flexibility index (Phi) is 6.57. The molecule has 35 heavy (non-hydrogen) atoms. The molecule has 2 fully saturated rings. The van der Waals surface area contributed by atoms with Gasteiger partial charge in [0.25, 0.3) is 5.56 Å². The molecule has 2 aliphatic heterocycles. The van der Waals surface area contributed by atoms with E-state index in [1.165, 1.54) is 46.8 Å². The number of pyridine rings is 1. The van der Waals surface area contributed by atoms with Crippen LogP contribution in [0.2, 0.25) is 0 Å². The summed E-state index contributed by atoms with van der Waals surface area (Å²) >= 11 is 0. The zero-order valence-corrected chi connectivity index (χ0v) is 21.4. The van der Waals surface area contributed by atoms with Crippen LogP contribution in [0.25, 0.3) is 22.2 Å². The summed E-state index contributed by atoms with van der Waals surface area (Å²) in [7, 11) is 1.72. The number of likely N-dealkylation sites (tertiary alicyclic amines) is 1. The lowest BCUT2D eigenvalue weighted by Gasteiger charge is -2.39. The highest BCUT2D eigenvalue weighted by molar-refractivity contribution is 5.92. The summed E-state index contributed by atoms with van der Waals surface area (Å²) in [6, 6.07) is 9.70. The standard InChI is InChI=1S/C29H36N4O2/c1-18(2)27-23-15-21(20-7-11-33(12-8-20)22-9-13-35-14-10-22)5-6-26(23)31-28(27)25-17-32(4)29(34)24(16-30)19(25)3/h5-6,15,17-18,20,22,31H,7-14H2,1-4H3. The lowest BCUT2D eigenvalue weighted by atomic mass is 9.86. The number of fused-ring (bicyclic) bond motifs is 1. The van der Waals surface area contributed by atoms with Crippen molar-refractivity contribution in [2.45, 2.75) is 64.3 Å². The number of nitriles is 1. The molecule has 6 nitrogen and oxygen atoms in total. The van der Waals surface area contributed by atoms with Gasteiger partial charge in [-0.3, -0.25) is 4.79 Å². The second-order valence-electron chi connectivity index (χ2n) is 10.6. The van der Waals surface area contributed by atoms with Crippen molar-refractivity contribution >= 4 is 10.9 Å². The van der Waals surface area contributed by atoms with E-state index < -0.39 is 0 Å². The highest BCUT2D eigenvalue weighted by Gasteiger charge is 2.28. The van der Waals surface area contributed by atoms with Crippen molar-refractivity contribution in [3.63, 3.8) is 0 Å². The van der Waals surface area contributed by atoms with E-state index in [4.69, 9.17) is 4.74 Å². The van der Waals surface area contributed by atoms with Crippen molar-refractivity contribution < 1.29 is 4.74 Å². The maximum absolute atomic E-state index is 12.5. The summed E-state index contributed by atoms with van der Waals surface area (Å²) in [6.07, 6.45) is 6.59. The van der Waals surface area contributed by atoms with E-state index in [0.29, 0.717) is 17.9 Å². The first-order valence-electron chi connectivity index (χ1n) is 13.0. The van der Waals surface area contributed by atoms with Gasteiger partial charge in [-0.2, -0.15) is 5.26 Å². The molecule has 5 rings (SSSR count). The van der Waals surface area contributed by atoms with Gasteiger partial charge in [0.15, 0.2) is 0 Å². The summed E-state index contributed by atoms with van der Waals surface area (Å²) in [5, 5.41) is 10.9. The number of ether oxygens (including phenoxy) is 1. The molecule has 2 saturated heterocycles. The molecule has 2 aliphatic rings. The predicted octanol–water partition coefficient (Wildman–Crippen LogP) is 5.20. The van der Waals surface area contributed by atoms with E-state index >= 15 is 0 Å². The molecule has 0 saturated carbocycles. The molecule has 1 N–H and O–H groups in total. The van der Waals surface area contributed by atoms with Gasteiger partial charge in [-0.1, -0.05) is 19.9 Å².